The van der Waals surface area contributed by atoms with Crippen LogP contribution in [0, 0.1) is 0 Å². The van der Waals surface area contributed by atoms with Crippen LogP contribution in [0.2, 0.25) is 0 Å². The van der Waals surface area contributed by atoms with E-state index >= 15 is 0 Å². The molecule has 1 atom stereocenters. The van der Waals surface area contributed by atoms with Gasteiger partial charge >= 0.3 is 0 Å². The highest BCUT2D eigenvalue weighted by atomic mass is 28.2. The molecule has 1 heterocycles. The lowest BCUT2D eigenvalue weighted by molar-refractivity contribution is -0.111. The number of ether oxygens (including phenoxy) is 1. The minimum Gasteiger partial charge on any atom is -0.354 e. The van der Waals surface area contributed by atoms with Crippen LogP contribution in [0.3, 0.4) is 0 Å². The summed E-state index contributed by atoms with van der Waals surface area (Å²) in [6.45, 7) is 6.85. The summed E-state index contributed by atoms with van der Waals surface area (Å²) >= 11 is 0. The Kier molecular flexibility index (Phi) is 4.94. The van der Waals surface area contributed by atoms with E-state index in [9.17, 15) is 0 Å². The first-order valence-electron chi connectivity index (χ1n) is 5.34. The molecule has 1 fully saturated rings. The van der Waals surface area contributed by atoms with Gasteiger partial charge in [0, 0.05) is 7.11 Å². The van der Waals surface area contributed by atoms with Crippen LogP contribution in [0.25, 0.3) is 0 Å². The van der Waals surface area contributed by atoms with Crippen LogP contribution in [0.15, 0.2) is 0 Å². The molecule has 0 radical (unpaired) electrons. The maximum Gasteiger partial charge on any atom is 0.179 e. The Hall–Kier alpha value is 0.0969. The van der Waals surface area contributed by atoms with Gasteiger partial charge in [0.1, 0.15) is 0 Å². The third-order valence-electron chi connectivity index (χ3n) is 2.65. The average molecular weight is 202 g/mol. The highest BCUT2D eigenvalue weighted by Crippen LogP contribution is 2.17. The van der Waals surface area contributed by atoms with Gasteiger partial charge in [0.25, 0.3) is 0 Å². The van der Waals surface area contributed by atoms with E-state index in [1.54, 1.807) is 0 Å². The van der Waals surface area contributed by atoms with Gasteiger partial charge in [-0.05, 0) is 19.5 Å². The maximum atomic E-state index is 5.42. The van der Waals surface area contributed by atoms with Gasteiger partial charge < -0.3 is 4.74 Å². The van der Waals surface area contributed by atoms with Crippen LogP contribution in [0.4, 0.5) is 0 Å². The summed E-state index contributed by atoms with van der Waals surface area (Å²) in [4.78, 5) is 0. The smallest absolute Gasteiger partial charge is 0.179 e. The summed E-state index contributed by atoms with van der Waals surface area (Å²) < 4.78 is 10.4. The Labute approximate surface area is 84.0 Å². The van der Waals surface area contributed by atoms with E-state index in [4.69, 9.17) is 4.74 Å². The fourth-order valence-electron chi connectivity index (χ4n) is 1.81. The first-order chi connectivity index (χ1) is 6.33. The molecule has 0 spiro atoms. The van der Waals surface area contributed by atoms with Crippen molar-refractivity contribution in [3.05, 3.63) is 0 Å². The first kappa shape index (κ1) is 11.2. The van der Waals surface area contributed by atoms with Crippen molar-refractivity contribution < 1.29 is 4.74 Å². The maximum absolute atomic E-state index is 5.42. The van der Waals surface area contributed by atoms with Crippen molar-refractivity contribution in [3.63, 3.8) is 0 Å². The fourth-order valence-corrected chi connectivity index (χ4v) is 3.57. The lowest BCUT2D eigenvalue weighted by Gasteiger charge is -2.49. The fraction of sp³-hybridized carbons (Fsp3) is 1.00. The van der Waals surface area contributed by atoms with Gasteiger partial charge in [-0.25, -0.2) is 0 Å². The van der Waals surface area contributed by atoms with Gasteiger partial charge in [-0.1, -0.05) is 26.7 Å². The van der Waals surface area contributed by atoms with E-state index < -0.39 is 0 Å². The summed E-state index contributed by atoms with van der Waals surface area (Å²) in [5.74, 6) is 0. The third-order valence-corrected chi connectivity index (χ3v) is 4.77. The van der Waals surface area contributed by atoms with Gasteiger partial charge in [0.2, 0.25) is 0 Å². The van der Waals surface area contributed by atoms with Crippen LogP contribution in [-0.2, 0) is 4.74 Å². The van der Waals surface area contributed by atoms with Crippen LogP contribution in [0.1, 0.15) is 33.1 Å². The zero-order chi connectivity index (χ0) is 9.68. The van der Waals surface area contributed by atoms with Crippen molar-refractivity contribution in [1.82, 2.24) is 9.13 Å². The molecule has 0 saturated carbocycles. The standard InChI is InChI=1S/C9H22N2OSi/c1-4-6-7-8-11-9(12-3)10(5-2)13-11/h9H,4-8,13H2,1-3H3. The van der Waals surface area contributed by atoms with E-state index in [2.05, 4.69) is 23.0 Å². The van der Waals surface area contributed by atoms with Gasteiger partial charge in [-0.15, -0.1) is 0 Å². The molecular weight excluding hydrogens is 180 g/mol. The molecular formula is C9H22N2OSi. The number of hydrogen-bond acceptors (Lipinski definition) is 3. The van der Waals surface area contributed by atoms with Gasteiger partial charge in [0.05, 0.1) is 0 Å². The lowest BCUT2D eigenvalue weighted by atomic mass is 10.2. The Morgan fingerprint density at radius 2 is 2.00 bits per heavy atom. The zero-order valence-corrected chi connectivity index (χ0v) is 10.5. The molecule has 4 heteroatoms. The molecule has 0 bridgehead atoms. The van der Waals surface area contributed by atoms with Crippen molar-refractivity contribution >= 4 is 9.84 Å². The molecule has 1 rings (SSSR count). The molecule has 3 nitrogen and oxygen atoms in total. The SMILES string of the molecule is CCCCCN1[SiH2]N(CC)C1OC. The van der Waals surface area contributed by atoms with Crippen LogP contribution < -0.4 is 0 Å². The molecule has 0 aliphatic carbocycles. The van der Waals surface area contributed by atoms with Crippen LogP contribution in [0.5, 0.6) is 0 Å². The molecule has 0 aromatic rings. The lowest BCUT2D eigenvalue weighted by Crippen LogP contribution is -2.67. The van der Waals surface area contributed by atoms with Crippen molar-refractivity contribution in [1.29, 1.82) is 0 Å². The first-order valence-corrected chi connectivity index (χ1v) is 6.60. The number of methoxy groups -OCH3 is 1. The summed E-state index contributed by atoms with van der Waals surface area (Å²) in [6, 6.07) is 0. The largest absolute Gasteiger partial charge is 0.354 e. The monoisotopic (exact) mass is 202 g/mol. The van der Waals surface area contributed by atoms with Crippen molar-refractivity contribution in [2.45, 2.75) is 39.5 Å². The molecule has 0 aromatic heterocycles. The highest BCUT2D eigenvalue weighted by Gasteiger charge is 2.34. The van der Waals surface area contributed by atoms with Crippen molar-refractivity contribution in [2.75, 3.05) is 20.2 Å². The summed E-state index contributed by atoms with van der Waals surface area (Å²) in [5, 5.41) is 0. The minimum atomic E-state index is -0.112. The van der Waals surface area contributed by atoms with Crippen LogP contribution in [-0.4, -0.2) is 45.5 Å². The van der Waals surface area contributed by atoms with Gasteiger partial charge in [-0.3, -0.25) is 9.13 Å². The molecule has 1 aliphatic heterocycles. The summed E-state index contributed by atoms with van der Waals surface area (Å²) in [5.41, 5.74) is 0. The molecule has 0 aromatic carbocycles. The molecule has 78 valence electrons. The van der Waals surface area contributed by atoms with E-state index in [-0.39, 0.29) is 9.84 Å². The topological polar surface area (TPSA) is 15.7 Å². The molecule has 1 aliphatic rings. The molecule has 0 amide bonds. The predicted octanol–water partition coefficient (Wildman–Crippen LogP) is 0.743. The molecule has 1 saturated heterocycles. The zero-order valence-electron chi connectivity index (χ0n) is 9.12. The minimum absolute atomic E-state index is 0.112. The van der Waals surface area contributed by atoms with E-state index in [1.807, 2.05) is 7.11 Å². The third kappa shape index (κ3) is 2.77. The Bertz CT molecular complexity index is 146. The Morgan fingerprint density at radius 3 is 2.54 bits per heavy atom. The number of unbranched alkanes of at least 4 members (excludes halogenated alkanes) is 2. The normalized spacial score (nSPS) is 26.5. The average Bonchev–Trinajstić information content (AvgIpc) is 2.11. The highest BCUT2D eigenvalue weighted by molar-refractivity contribution is 6.31. The van der Waals surface area contributed by atoms with Crippen molar-refractivity contribution in [2.24, 2.45) is 0 Å². The van der Waals surface area contributed by atoms with E-state index in [1.165, 1.54) is 25.8 Å². The summed E-state index contributed by atoms with van der Waals surface area (Å²) in [6.07, 6.45) is 4.31. The van der Waals surface area contributed by atoms with Gasteiger partial charge in [-0.2, -0.15) is 0 Å². The predicted molar refractivity (Wildman–Crippen MR) is 58.0 cm³/mol. The Morgan fingerprint density at radius 1 is 1.23 bits per heavy atom. The molecule has 0 N–H and O–H groups in total. The number of rotatable bonds is 6. The molecule has 1 unspecified atom stereocenters. The second-order valence-corrected chi connectivity index (χ2v) is 5.54. The van der Waals surface area contributed by atoms with E-state index in [0.29, 0.717) is 6.35 Å². The molecule has 13 heavy (non-hydrogen) atoms. The van der Waals surface area contributed by atoms with Crippen molar-refractivity contribution in [3.8, 4) is 0 Å². The summed E-state index contributed by atoms with van der Waals surface area (Å²) in [7, 11) is 1.70. The van der Waals surface area contributed by atoms with E-state index in [0.717, 1.165) is 6.54 Å². The van der Waals surface area contributed by atoms with Gasteiger partial charge in [0.15, 0.2) is 16.2 Å². The second kappa shape index (κ2) is 5.75. The number of nitrogens with zero attached hydrogens (tertiary/aromatic N) is 2. The second-order valence-electron chi connectivity index (χ2n) is 3.63. The quantitative estimate of drug-likeness (QED) is 0.467. The Balaban J connectivity index is 2.14. The number of hydrogen-bond donors (Lipinski definition) is 0. The van der Waals surface area contributed by atoms with Crippen LogP contribution >= 0.6 is 0 Å².